The summed E-state index contributed by atoms with van der Waals surface area (Å²) in [5.74, 6) is 0.351. The lowest BCUT2D eigenvalue weighted by molar-refractivity contribution is -0.123. The van der Waals surface area contributed by atoms with E-state index in [-0.39, 0.29) is 12.5 Å². The number of anilines is 1. The highest BCUT2D eigenvalue weighted by atomic mass is 16.5. The zero-order chi connectivity index (χ0) is 21.2. The molecule has 0 aliphatic rings. The molecule has 0 saturated carbocycles. The second-order valence-corrected chi connectivity index (χ2v) is 6.71. The number of amides is 1. The maximum absolute atomic E-state index is 12.1. The summed E-state index contributed by atoms with van der Waals surface area (Å²) in [4.78, 5) is 14.4. The molecule has 1 N–H and O–H groups in total. The molecule has 5 nitrogen and oxygen atoms in total. The Morgan fingerprint density at radius 2 is 1.60 bits per heavy atom. The summed E-state index contributed by atoms with van der Waals surface area (Å²) in [6, 6.07) is 25.7. The van der Waals surface area contributed by atoms with Gasteiger partial charge in [-0.15, -0.1) is 0 Å². The zero-order valence-electron chi connectivity index (χ0n) is 17.4. The molecule has 0 atom stereocenters. The van der Waals surface area contributed by atoms with Crippen molar-refractivity contribution in [3.63, 3.8) is 0 Å². The number of nitrogens with zero attached hydrogens (tertiary/aromatic N) is 2. The van der Waals surface area contributed by atoms with E-state index < -0.39 is 0 Å². The SMILES string of the molecule is CCN(CC)c1ccc(/C=N\NC(=O)COc2ccccc2-c2ccccc2)cc1. The van der Waals surface area contributed by atoms with E-state index in [9.17, 15) is 4.79 Å². The van der Waals surface area contributed by atoms with Crippen LogP contribution in [0.2, 0.25) is 0 Å². The van der Waals surface area contributed by atoms with Crippen molar-refractivity contribution in [2.45, 2.75) is 13.8 Å². The molecule has 3 aromatic carbocycles. The minimum Gasteiger partial charge on any atom is -0.483 e. The summed E-state index contributed by atoms with van der Waals surface area (Å²) < 4.78 is 5.73. The van der Waals surface area contributed by atoms with Crippen LogP contribution in [-0.2, 0) is 4.79 Å². The molecule has 0 unspecified atom stereocenters. The third-order valence-electron chi connectivity index (χ3n) is 4.76. The molecular formula is C25H27N3O2. The predicted octanol–water partition coefficient (Wildman–Crippen LogP) is 4.73. The standard InChI is InChI=1S/C25H27N3O2/c1-3-28(4-2)22-16-14-20(15-17-22)18-26-27-25(29)19-30-24-13-9-8-12-23(24)21-10-6-5-7-11-21/h5-18H,3-4,19H2,1-2H3,(H,27,29)/b26-18-. The van der Waals surface area contributed by atoms with Crippen LogP contribution in [0.15, 0.2) is 84.0 Å². The Kier molecular flexibility index (Phi) is 7.61. The monoisotopic (exact) mass is 401 g/mol. The maximum atomic E-state index is 12.1. The first kappa shape index (κ1) is 21.1. The molecule has 5 heteroatoms. The number of ether oxygens (including phenoxy) is 1. The fourth-order valence-electron chi connectivity index (χ4n) is 3.16. The number of hydrazone groups is 1. The number of nitrogens with one attached hydrogen (secondary N) is 1. The fraction of sp³-hybridized carbons (Fsp3) is 0.200. The summed E-state index contributed by atoms with van der Waals surface area (Å²) in [6.07, 6.45) is 1.63. The third kappa shape index (κ3) is 5.70. The molecule has 0 radical (unpaired) electrons. The van der Waals surface area contributed by atoms with Gasteiger partial charge in [-0.2, -0.15) is 5.10 Å². The summed E-state index contributed by atoms with van der Waals surface area (Å²) in [6.45, 7) is 6.09. The first-order chi connectivity index (χ1) is 14.7. The van der Waals surface area contributed by atoms with Crippen molar-refractivity contribution in [1.82, 2.24) is 5.43 Å². The van der Waals surface area contributed by atoms with Gasteiger partial charge >= 0.3 is 0 Å². The van der Waals surface area contributed by atoms with E-state index >= 15 is 0 Å². The minimum absolute atomic E-state index is 0.109. The van der Waals surface area contributed by atoms with Crippen LogP contribution in [-0.4, -0.2) is 31.8 Å². The van der Waals surface area contributed by atoms with Crippen LogP contribution in [0.4, 0.5) is 5.69 Å². The van der Waals surface area contributed by atoms with E-state index in [0.29, 0.717) is 5.75 Å². The lowest BCUT2D eigenvalue weighted by atomic mass is 10.1. The molecule has 154 valence electrons. The van der Waals surface area contributed by atoms with Gasteiger partial charge in [-0.3, -0.25) is 4.79 Å². The van der Waals surface area contributed by atoms with E-state index in [1.165, 1.54) is 5.69 Å². The van der Waals surface area contributed by atoms with Crippen molar-refractivity contribution < 1.29 is 9.53 Å². The molecule has 0 saturated heterocycles. The van der Waals surface area contributed by atoms with E-state index in [0.717, 1.165) is 29.8 Å². The van der Waals surface area contributed by atoms with Gasteiger partial charge in [0.2, 0.25) is 0 Å². The molecule has 0 aliphatic heterocycles. The number of carbonyl (C=O) groups excluding carboxylic acids is 1. The largest absolute Gasteiger partial charge is 0.483 e. The molecule has 3 rings (SSSR count). The zero-order valence-corrected chi connectivity index (χ0v) is 17.4. The number of hydrogen-bond donors (Lipinski definition) is 1. The summed E-state index contributed by atoms with van der Waals surface area (Å²) in [7, 11) is 0. The molecule has 3 aromatic rings. The maximum Gasteiger partial charge on any atom is 0.277 e. The lowest BCUT2D eigenvalue weighted by Crippen LogP contribution is -2.24. The quantitative estimate of drug-likeness (QED) is 0.417. The molecular weight excluding hydrogens is 374 g/mol. The molecule has 0 aromatic heterocycles. The molecule has 0 bridgehead atoms. The predicted molar refractivity (Wildman–Crippen MR) is 123 cm³/mol. The molecule has 1 amide bonds. The van der Waals surface area contributed by atoms with Crippen LogP contribution < -0.4 is 15.1 Å². The number of carbonyl (C=O) groups is 1. The van der Waals surface area contributed by atoms with Crippen LogP contribution in [0.5, 0.6) is 5.75 Å². The number of rotatable bonds is 9. The fourth-order valence-corrected chi connectivity index (χ4v) is 3.16. The Morgan fingerprint density at radius 3 is 2.30 bits per heavy atom. The highest BCUT2D eigenvalue weighted by Crippen LogP contribution is 2.29. The van der Waals surface area contributed by atoms with Crippen molar-refractivity contribution in [3.05, 3.63) is 84.4 Å². The Hall–Kier alpha value is -3.60. The Labute approximate surface area is 178 Å². The van der Waals surface area contributed by atoms with Crippen LogP contribution in [0, 0.1) is 0 Å². The van der Waals surface area contributed by atoms with E-state index in [2.05, 4.69) is 41.4 Å². The van der Waals surface area contributed by atoms with E-state index in [1.807, 2.05) is 66.7 Å². The van der Waals surface area contributed by atoms with Crippen molar-refractivity contribution in [2.24, 2.45) is 5.10 Å². The first-order valence-corrected chi connectivity index (χ1v) is 10.2. The van der Waals surface area contributed by atoms with Crippen LogP contribution in [0.25, 0.3) is 11.1 Å². The Bertz CT molecular complexity index is 965. The molecule has 0 heterocycles. The average molecular weight is 402 g/mol. The smallest absolute Gasteiger partial charge is 0.277 e. The summed E-state index contributed by atoms with van der Waals surface area (Å²) >= 11 is 0. The molecule has 0 fully saturated rings. The first-order valence-electron chi connectivity index (χ1n) is 10.2. The molecule has 0 aliphatic carbocycles. The minimum atomic E-state index is -0.311. The van der Waals surface area contributed by atoms with E-state index in [1.54, 1.807) is 6.21 Å². The number of para-hydroxylation sites is 1. The van der Waals surface area contributed by atoms with Crippen molar-refractivity contribution in [1.29, 1.82) is 0 Å². The second-order valence-electron chi connectivity index (χ2n) is 6.71. The van der Waals surface area contributed by atoms with Crippen LogP contribution >= 0.6 is 0 Å². The van der Waals surface area contributed by atoms with Crippen molar-refractivity contribution >= 4 is 17.8 Å². The molecule has 30 heavy (non-hydrogen) atoms. The van der Waals surface area contributed by atoms with Crippen molar-refractivity contribution in [3.8, 4) is 16.9 Å². The highest BCUT2D eigenvalue weighted by molar-refractivity contribution is 5.83. The van der Waals surface area contributed by atoms with Gasteiger partial charge in [0, 0.05) is 24.3 Å². The Morgan fingerprint density at radius 1 is 0.933 bits per heavy atom. The normalized spacial score (nSPS) is 10.7. The van der Waals surface area contributed by atoms with Gasteiger partial charge in [-0.25, -0.2) is 5.43 Å². The summed E-state index contributed by atoms with van der Waals surface area (Å²) in [5, 5.41) is 4.03. The number of benzene rings is 3. The van der Waals surface area contributed by atoms with E-state index in [4.69, 9.17) is 4.74 Å². The van der Waals surface area contributed by atoms with Crippen LogP contribution in [0.1, 0.15) is 19.4 Å². The topological polar surface area (TPSA) is 53.9 Å². The van der Waals surface area contributed by atoms with Gasteiger partial charge in [-0.05, 0) is 43.2 Å². The highest BCUT2D eigenvalue weighted by Gasteiger charge is 2.07. The lowest BCUT2D eigenvalue weighted by Gasteiger charge is -2.20. The van der Waals surface area contributed by atoms with Gasteiger partial charge in [0.25, 0.3) is 5.91 Å². The van der Waals surface area contributed by atoms with Crippen molar-refractivity contribution in [2.75, 3.05) is 24.6 Å². The van der Waals surface area contributed by atoms with Gasteiger partial charge < -0.3 is 9.64 Å². The third-order valence-corrected chi connectivity index (χ3v) is 4.76. The van der Waals surface area contributed by atoms with Gasteiger partial charge in [0.1, 0.15) is 5.75 Å². The number of hydrogen-bond acceptors (Lipinski definition) is 4. The van der Waals surface area contributed by atoms with Crippen LogP contribution in [0.3, 0.4) is 0 Å². The van der Waals surface area contributed by atoms with Gasteiger partial charge in [-0.1, -0.05) is 60.7 Å². The van der Waals surface area contributed by atoms with Gasteiger partial charge in [0.05, 0.1) is 6.21 Å². The Balaban J connectivity index is 1.54. The summed E-state index contributed by atoms with van der Waals surface area (Å²) in [5.41, 5.74) is 6.59. The van der Waals surface area contributed by atoms with Gasteiger partial charge in [0.15, 0.2) is 6.61 Å². The molecule has 0 spiro atoms. The average Bonchev–Trinajstić information content (AvgIpc) is 2.80. The second kappa shape index (κ2) is 10.8.